The number of hydrogen-bond acceptors (Lipinski definition) is 6. The highest BCUT2D eigenvalue weighted by atomic mass is 16.5. The average Bonchev–Trinajstić information content (AvgIpc) is 3.03. The van der Waals surface area contributed by atoms with Gasteiger partial charge in [-0.2, -0.15) is 4.57 Å². The molecule has 0 aliphatic rings. The van der Waals surface area contributed by atoms with Crippen LogP contribution in [0.4, 0.5) is 11.4 Å². The second kappa shape index (κ2) is 15.3. The van der Waals surface area contributed by atoms with E-state index in [9.17, 15) is 0 Å². The zero-order valence-electron chi connectivity index (χ0n) is 25.2. The minimum atomic E-state index is 0.769. The molecule has 0 fully saturated rings. The van der Waals surface area contributed by atoms with Crippen molar-refractivity contribution in [3.63, 3.8) is 0 Å². The fraction of sp³-hybridized carbons (Fsp3) is 0.306. The van der Waals surface area contributed by atoms with E-state index in [-0.39, 0.29) is 0 Å². The number of para-hydroxylation sites is 1. The fourth-order valence-corrected chi connectivity index (χ4v) is 5.76. The monoisotopic (exact) mass is 577 g/mol. The predicted octanol–water partition coefficient (Wildman–Crippen LogP) is 5.26. The van der Waals surface area contributed by atoms with Gasteiger partial charge in [0.05, 0.1) is 17.9 Å². The van der Waals surface area contributed by atoms with Crippen molar-refractivity contribution in [3.8, 4) is 17.0 Å². The molecule has 7 heteroatoms. The molecule has 4 aromatic carbocycles. The van der Waals surface area contributed by atoms with Gasteiger partial charge < -0.3 is 32.2 Å². The number of ether oxygens (including phenoxy) is 1. The Hall–Kier alpha value is -4.17. The van der Waals surface area contributed by atoms with Crippen molar-refractivity contribution in [2.75, 3.05) is 51.3 Å². The number of fused-ring (bicyclic) bond motifs is 3. The highest BCUT2D eigenvalue weighted by Crippen LogP contribution is 2.33. The molecule has 0 aliphatic heterocycles. The first-order valence-electron chi connectivity index (χ1n) is 15.4. The minimum absolute atomic E-state index is 0.769. The highest BCUT2D eigenvalue weighted by molar-refractivity contribution is 6.10. The Kier molecular flexibility index (Phi) is 10.8. The summed E-state index contributed by atoms with van der Waals surface area (Å²) in [5.41, 5.74) is 18.8. The lowest BCUT2D eigenvalue weighted by molar-refractivity contribution is -0.659. The van der Waals surface area contributed by atoms with E-state index in [1.165, 1.54) is 27.6 Å². The van der Waals surface area contributed by atoms with Crippen LogP contribution in [0, 0.1) is 0 Å². The van der Waals surface area contributed by atoms with Gasteiger partial charge in [0.2, 0.25) is 11.2 Å². The van der Waals surface area contributed by atoms with Crippen LogP contribution in [0.1, 0.15) is 24.8 Å². The van der Waals surface area contributed by atoms with E-state index >= 15 is 0 Å². The number of methoxy groups -OCH3 is 1. The van der Waals surface area contributed by atoms with Crippen LogP contribution in [0.25, 0.3) is 32.9 Å². The maximum absolute atomic E-state index is 6.29. The van der Waals surface area contributed by atoms with E-state index in [1.807, 2.05) is 30.3 Å². The molecule has 0 amide bonds. The molecule has 0 unspecified atom stereocenters. The summed E-state index contributed by atoms with van der Waals surface area (Å²) in [6.07, 6.45) is 3.21. The second-order valence-electron chi connectivity index (χ2n) is 11.0. The van der Waals surface area contributed by atoms with Crippen LogP contribution in [0.5, 0.6) is 5.75 Å². The number of anilines is 2. The first-order chi connectivity index (χ1) is 21.2. The zero-order chi connectivity index (χ0) is 29.9. The molecule has 0 atom stereocenters. The molecule has 0 radical (unpaired) electrons. The first-order valence-corrected chi connectivity index (χ1v) is 15.4. The van der Waals surface area contributed by atoms with Gasteiger partial charge in [0.1, 0.15) is 5.75 Å². The van der Waals surface area contributed by atoms with Crippen LogP contribution >= 0.6 is 0 Å². The second-order valence-corrected chi connectivity index (χ2v) is 11.0. The molecule has 0 bridgehead atoms. The number of nitrogen functional groups attached to an aromatic ring is 2. The van der Waals surface area contributed by atoms with E-state index in [4.69, 9.17) is 16.2 Å². The van der Waals surface area contributed by atoms with Crippen molar-refractivity contribution in [2.24, 2.45) is 0 Å². The lowest BCUT2D eigenvalue weighted by Gasteiger charge is -2.13. The van der Waals surface area contributed by atoms with E-state index < -0.39 is 0 Å². The number of benzene rings is 4. The zero-order valence-corrected chi connectivity index (χ0v) is 25.2. The lowest BCUT2D eigenvalue weighted by atomic mass is 9.98. The lowest BCUT2D eigenvalue weighted by Crippen LogP contribution is -2.39. The molecule has 7 N–H and O–H groups in total. The van der Waals surface area contributed by atoms with Crippen LogP contribution in [-0.4, -0.2) is 39.8 Å². The average molecular weight is 578 g/mol. The Morgan fingerprint density at radius 2 is 1.26 bits per heavy atom. The van der Waals surface area contributed by atoms with Crippen molar-refractivity contribution in [2.45, 2.75) is 32.4 Å². The van der Waals surface area contributed by atoms with Crippen molar-refractivity contribution >= 4 is 33.1 Å². The highest BCUT2D eigenvalue weighted by Gasteiger charge is 2.23. The topological polar surface area (TPSA) is 101 Å². The standard InChI is InChI=1S/C36H44N6O/c1-43-35-13-6-5-12-28(35)26-41-21-8-20-39-18-7-19-40-22-9-23-42-34-25-30(38)15-17-32(34)31-16-14-29(37)24-33(31)36(42)27-10-3-2-4-11-27/h2-6,10-17,24-25,38-41H,7-9,18-23,26,37H2,1H3/p+1. The Bertz CT molecular complexity index is 1620. The molecule has 0 spiro atoms. The van der Waals surface area contributed by atoms with Gasteiger partial charge in [-0.25, -0.2) is 0 Å². The van der Waals surface area contributed by atoms with Crippen molar-refractivity contribution < 1.29 is 9.30 Å². The summed E-state index contributed by atoms with van der Waals surface area (Å²) in [4.78, 5) is 0. The van der Waals surface area contributed by atoms with Gasteiger partial charge in [0.15, 0.2) is 6.54 Å². The third-order valence-electron chi connectivity index (χ3n) is 7.88. The molecule has 7 nitrogen and oxygen atoms in total. The van der Waals surface area contributed by atoms with Gasteiger partial charge in [0, 0.05) is 53.5 Å². The summed E-state index contributed by atoms with van der Waals surface area (Å²) in [5, 5.41) is 14.3. The molecule has 0 aliphatic carbocycles. The van der Waals surface area contributed by atoms with E-state index in [2.05, 4.69) is 81.2 Å². The van der Waals surface area contributed by atoms with Gasteiger partial charge in [-0.3, -0.25) is 0 Å². The van der Waals surface area contributed by atoms with Gasteiger partial charge in [-0.1, -0.05) is 42.5 Å². The Morgan fingerprint density at radius 3 is 2.00 bits per heavy atom. The van der Waals surface area contributed by atoms with E-state index in [0.29, 0.717) is 0 Å². The van der Waals surface area contributed by atoms with Gasteiger partial charge in [-0.15, -0.1) is 0 Å². The Morgan fingerprint density at radius 1 is 0.628 bits per heavy atom. The number of aromatic nitrogens is 1. The smallest absolute Gasteiger partial charge is 0.220 e. The largest absolute Gasteiger partial charge is 0.496 e. The summed E-state index contributed by atoms with van der Waals surface area (Å²) in [6.45, 7) is 6.66. The summed E-state index contributed by atoms with van der Waals surface area (Å²) in [7, 11) is 1.72. The van der Waals surface area contributed by atoms with Crippen molar-refractivity contribution in [3.05, 3.63) is 96.6 Å². The molecule has 224 valence electrons. The summed E-state index contributed by atoms with van der Waals surface area (Å²) < 4.78 is 7.85. The third kappa shape index (κ3) is 7.82. The van der Waals surface area contributed by atoms with Crippen LogP contribution in [0.15, 0.2) is 91.0 Å². The third-order valence-corrected chi connectivity index (χ3v) is 7.88. The number of nitrogens with one attached hydrogen (secondary N) is 3. The summed E-state index contributed by atoms with van der Waals surface area (Å²) >= 11 is 0. The van der Waals surface area contributed by atoms with E-state index in [0.717, 1.165) is 93.1 Å². The van der Waals surface area contributed by atoms with Crippen LogP contribution < -0.4 is 36.7 Å². The number of rotatable bonds is 16. The van der Waals surface area contributed by atoms with Crippen LogP contribution in [0.2, 0.25) is 0 Å². The van der Waals surface area contributed by atoms with Crippen molar-refractivity contribution in [1.29, 1.82) is 0 Å². The summed E-state index contributed by atoms with van der Waals surface area (Å²) in [6, 6.07) is 31.2. The number of pyridine rings is 1. The number of aryl methyl sites for hydroxylation is 1. The molecule has 43 heavy (non-hydrogen) atoms. The molecular weight excluding hydrogens is 532 g/mol. The fourth-order valence-electron chi connectivity index (χ4n) is 5.76. The Balaban J connectivity index is 1.10. The molecule has 5 rings (SSSR count). The molecule has 0 saturated carbocycles. The molecular formula is C36H45N6O+. The summed E-state index contributed by atoms with van der Waals surface area (Å²) in [5.74, 6) is 0.941. The number of nitrogens with two attached hydrogens (primary N) is 2. The molecule has 1 aromatic heterocycles. The first kappa shape index (κ1) is 30.3. The molecule has 5 aromatic rings. The van der Waals surface area contributed by atoms with Gasteiger partial charge in [-0.05, 0) is 81.5 Å². The Labute approximate surface area is 255 Å². The quantitative estimate of drug-likeness (QED) is 0.0475. The SMILES string of the molecule is COc1ccccc1CNCCCNCCCNCCC[n+]1c(-c2ccccc2)c2cc(N)ccc2c2ccc(N)cc21. The molecule has 0 saturated heterocycles. The van der Waals surface area contributed by atoms with Crippen LogP contribution in [-0.2, 0) is 13.1 Å². The maximum atomic E-state index is 6.29. The number of hydrogen-bond donors (Lipinski definition) is 5. The normalized spacial score (nSPS) is 11.4. The van der Waals surface area contributed by atoms with Crippen molar-refractivity contribution in [1.82, 2.24) is 16.0 Å². The van der Waals surface area contributed by atoms with Gasteiger partial charge in [0.25, 0.3) is 0 Å². The minimum Gasteiger partial charge on any atom is -0.496 e. The predicted molar refractivity (Wildman–Crippen MR) is 180 cm³/mol. The molecule has 1 heterocycles. The maximum Gasteiger partial charge on any atom is 0.220 e. The van der Waals surface area contributed by atoms with Gasteiger partial charge >= 0.3 is 0 Å². The van der Waals surface area contributed by atoms with Crippen LogP contribution in [0.3, 0.4) is 0 Å². The number of nitrogens with zero attached hydrogens (tertiary/aromatic N) is 1. The van der Waals surface area contributed by atoms with E-state index in [1.54, 1.807) is 7.11 Å².